The summed E-state index contributed by atoms with van der Waals surface area (Å²) in [5, 5.41) is 8.57. The largest absolute Gasteiger partial charge is 0.298 e. The van der Waals surface area contributed by atoms with E-state index in [0.717, 1.165) is 24.8 Å². The maximum atomic E-state index is 5.78. The molecule has 2 atom stereocenters. The monoisotopic (exact) mass is 280 g/mol. The Bertz CT molecular complexity index is 422. The van der Waals surface area contributed by atoms with Gasteiger partial charge in [-0.05, 0) is 38.4 Å². The quantitative estimate of drug-likeness (QED) is 0.831. The molecule has 0 amide bonds. The van der Waals surface area contributed by atoms with Crippen LogP contribution < -0.4 is 0 Å². The highest BCUT2D eigenvalue weighted by Crippen LogP contribution is 2.24. The van der Waals surface area contributed by atoms with Crippen molar-refractivity contribution in [2.75, 3.05) is 19.6 Å². The Hall–Kier alpha value is -0.710. The molecule has 0 N–H and O–H groups in total. The van der Waals surface area contributed by atoms with Crippen molar-refractivity contribution in [1.29, 1.82) is 0 Å². The normalized spacial score (nSPS) is 29.2. The molecule has 5 heteroatoms. The zero-order chi connectivity index (χ0) is 13.2. The van der Waals surface area contributed by atoms with E-state index in [0.29, 0.717) is 11.2 Å². The van der Waals surface area contributed by atoms with Gasteiger partial charge in [0.1, 0.15) is 0 Å². The zero-order valence-electron chi connectivity index (χ0n) is 11.4. The third kappa shape index (κ3) is 3.07. The lowest BCUT2D eigenvalue weighted by atomic mass is 9.97. The summed E-state index contributed by atoms with van der Waals surface area (Å²) in [7, 11) is 0. The van der Waals surface area contributed by atoms with E-state index < -0.39 is 0 Å². The highest BCUT2D eigenvalue weighted by molar-refractivity contribution is 6.29. The molecule has 2 aliphatic rings. The zero-order valence-corrected chi connectivity index (χ0v) is 12.2. The van der Waals surface area contributed by atoms with Gasteiger partial charge in [0.05, 0.1) is 5.69 Å². The molecule has 2 aliphatic heterocycles. The molecule has 3 rings (SSSR count). The van der Waals surface area contributed by atoms with Gasteiger partial charge >= 0.3 is 0 Å². The first-order chi connectivity index (χ1) is 9.22. The molecule has 0 radical (unpaired) electrons. The standard InChI is InChI=1S/C14H21ClN4/c1-11-8-18-7-3-2-4-13(18)10-19(11)9-12-5-6-14(15)17-16-12/h5-6,11,13H,2-4,7-10H2,1H3. The molecule has 0 aliphatic carbocycles. The molecule has 3 heterocycles. The third-order valence-corrected chi connectivity index (χ3v) is 4.57. The summed E-state index contributed by atoms with van der Waals surface area (Å²) in [6.07, 6.45) is 4.09. The summed E-state index contributed by atoms with van der Waals surface area (Å²) in [5.74, 6) is 0. The van der Waals surface area contributed by atoms with Crippen molar-refractivity contribution < 1.29 is 0 Å². The second-order valence-corrected chi connectivity index (χ2v) is 6.16. The number of aromatic nitrogens is 2. The molecule has 1 aromatic heterocycles. The molecule has 2 unspecified atom stereocenters. The fraction of sp³-hybridized carbons (Fsp3) is 0.714. The Morgan fingerprint density at radius 1 is 1.26 bits per heavy atom. The van der Waals surface area contributed by atoms with Crippen molar-refractivity contribution in [3.8, 4) is 0 Å². The summed E-state index contributed by atoms with van der Waals surface area (Å²) in [6.45, 7) is 6.82. The molecule has 2 saturated heterocycles. The van der Waals surface area contributed by atoms with Crippen LogP contribution in [0.1, 0.15) is 31.9 Å². The van der Waals surface area contributed by atoms with Gasteiger partial charge in [-0.1, -0.05) is 18.0 Å². The summed E-state index contributed by atoms with van der Waals surface area (Å²) in [6, 6.07) is 5.14. The minimum atomic E-state index is 0.467. The molecule has 104 valence electrons. The molecule has 0 aromatic carbocycles. The van der Waals surface area contributed by atoms with E-state index in [-0.39, 0.29) is 0 Å². The summed E-state index contributed by atoms with van der Waals surface area (Å²) in [5.41, 5.74) is 1.01. The van der Waals surface area contributed by atoms with E-state index in [1.807, 2.05) is 12.1 Å². The molecule has 0 spiro atoms. The van der Waals surface area contributed by atoms with Gasteiger partial charge in [-0.3, -0.25) is 9.80 Å². The number of hydrogen-bond donors (Lipinski definition) is 0. The number of halogens is 1. The molecular weight excluding hydrogens is 260 g/mol. The average molecular weight is 281 g/mol. The predicted molar refractivity (Wildman–Crippen MR) is 76.1 cm³/mol. The first-order valence-corrected chi connectivity index (χ1v) is 7.56. The predicted octanol–water partition coefficient (Wildman–Crippen LogP) is 2.19. The van der Waals surface area contributed by atoms with Gasteiger partial charge < -0.3 is 0 Å². The summed E-state index contributed by atoms with van der Waals surface area (Å²) >= 11 is 5.78. The Balaban J connectivity index is 1.65. The van der Waals surface area contributed by atoms with Gasteiger partial charge in [-0.2, -0.15) is 5.10 Å². The van der Waals surface area contributed by atoms with Crippen LogP contribution in [0.3, 0.4) is 0 Å². The average Bonchev–Trinajstić information content (AvgIpc) is 2.42. The van der Waals surface area contributed by atoms with Crippen molar-refractivity contribution >= 4 is 11.6 Å². The van der Waals surface area contributed by atoms with Crippen molar-refractivity contribution in [2.24, 2.45) is 0 Å². The van der Waals surface area contributed by atoms with Crippen molar-refractivity contribution in [1.82, 2.24) is 20.0 Å². The lowest BCUT2D eigenvalue weighted by Gasteiger charge is -2.47. The van der Waals surface area contributed by atoms with Gasteiger partial charge in [0, 0.05) is 31.7 Å². The SMILES string of the molecule is CC1CN2CCCCC2CN1Cc1ccc(Cl)nn1. The number of rotatable bonds is 2. The Morgan fingerprint density at radius 2 is 2.16 bits per heavy atom. The maximum Gasteiger partial charge on any atom is 0.151 e. The number of piperidine rings is 1. The lowest BCUT2D eigenvalue weighted by Crippen LogP contribution is -2.58. The molecule has 0 saturated carbocycles. The minimum absolute atomic E-state index is 0.467. The molecule has 1 aromatic rings. The fourth-order valence-corrected chi connectivity index (χ4v) is 3.37. The van der Waals surface area contributed by atoms with Gasteiger partial charge in [0.25, 0.3) is 0 Å². The minimum Gasteiger partial charge on any atom is -0.298 e. The number of piperazine rings is 1. The number of hydrogen-bond acceptors (Lipinski definition) is 4. The van der Waals surface area contributed by atoms with Crippen LogP contribution in [0.5, 0.6) is 0 Å². The molecule has 4 nitrogen and oxygen atoms in total. The van der Waals surface area contributed by atoms with E-state index in [4.69, 9.17) is 11.6 Å². The highest BCUT2D eigenvalue weighted by Gasteiger charge is 2.32. The molecular formula is C14H21ClN4. The van der Waals surface area contributed by atoms with Crippen LogP contribution in [0, 0.1) is 0 Å². The molecule has 2 fully saturated rings. The van der Waals surface area contributed by atoms with E-state index in [1.54, 1.807) is 0 Å². The second kappa shape index (κ2) is 5.73. The van der Waals surface area contributed by atoms with Crippen LogP contribution in [0.15, 0.2) is 12.1 Å². The first kappa shape index (κ1) is 13.3. The van der Waals surface area contributed by atoms with Gasteiger partial charge in [-0.15, -0.1) is 5.10 Å². The highest BCUT2D eigenvalue weighted by atomic mass is 35.5. The first-order valence-electron chi connectivity index (χ1n) is 7.18. The summed E-state index contributed by atoms with van der Waals surface area (Å²) in [4.78, 5) is 5.20. The van der Waals surface area contributed by atoms with Crippen molar-refractivity contribution in [2.45, 2.75) is 44.8 Å². The Kier molecular flexibility index (Phi) is 4.01. The van der Waals surface area contributed by atoms with Crippen LogP contribution in [-0.2, 0) is 6.54 Å². The maximum absolute atomic E-state index is 5.78. The van der Waals surface area contributed by atoms with Gasteiger partial charge in [-0.25, -0.2) is 0 Å². The third-order valence-electron chi connectivity index (χ3n) is 4.37. The number of fused-ring (bicyclic) bond motifs is 1. The molecule has 0 bridgehead atoms. The lowest BCUT2D eigenvalue weighted by molar-refractivity contribution is 0.0104. The van der Waals surface area contributed by atoms with Crippen molar-refractivity contribution in [3.63, 3.8) is 0 Å². The topological polar surface area (TPSA) is 32.3 Å². The van der Waals surface area contributed by atoms with Crippen LogP contribution in [-0.4, -0.2) is 51.7 Å². The van der Waals surface area contributed by atoms with Crippen LogP contribution >= 0.6 is 11.6 Å². The Labute approximate surface area is 119 Å². The molecule has 19 heavy (non-hydrogen) atoms. The smallest absolute Gasteiger partial charge is 0.151 e. The van der Waals surface area contributed by atoms with Crippen LogP contribution in [0.4, 0.5) is 0 Å². The van der Waals surface area contributed by atoms with Gasteiger partial charge in [0.2, 0.25) is 0 Å². The van der Waals surface area contributed by atoms with E-state index in [1.165, 1.54) is 32.4 Å². The van der Waals surface area contributed by atoms with E-state index >= 15 is 0 Å². The summed E-state index contributed by atoms with van der Waals surface area (Å²) < 4.78 is 0. The second-order valence-electron chi connectivity index (χ2n) is 5.77. The van der Waals surface area contributed by atoms with E-state index in [2.05, 4.69) is 26.9 Å². The van der Waals surface area contributed by atoms with E-state index in [9.17, 15) is 0 Å². The number of nitrogens with zero attached hydrogens (tertiary/aromatic N) is 4. The van der Waals surface area contributed by atoms with Crippen LogP contribution in [0.25, 0.3) is 0 Å². The fourth-order valence-electron chi connectivity index (χ4n) is 3.27. The Morgan fingerprint density at radius 3 is 2.95 bits per heavy atom. The van der Waals surface area contributed by atoms with Gasteiger partial charge in [0.15, 0.2) is 5.15 Å². The van der Waals surface area contributed by atoms with Crippen molar-refractivity contribution in [3.05, 3.63) is 23.0 Å². The van der Waals surface area contributed by atoms with Crippen LogP contribution in [0.2, 0.25) is 5.15 Å².